The van der Waals surface area contributed by atoms with E-state index < -0.39 is 0 Å². The van der Waals surface area contributed by atoms with Crippen LogP contribution in [0.1, 0.15) is 63.4 Å². The lowest BCUT2D eigenvalue weighted by Crippen LogP contribution is -2.59. The molecule has 1 aliphatic heterocycles. The van der Waals surface area contributed by atoms with Crippen LogP contribution in [0.2, 0.25) is 15.1 Å². The highest BCUT2D eigenvalue weighted by molar-refractivity contribution is 6.36. The summed E-state index contributed by atoms with van der Waals surface area (Å²) in [5.41, 5.74) is 8.10. The minimum atomic E-state index is -0.385. The fourth-order valence-corrected chi connectivity index (χ4v) is 9.47. The Balaban J connectivity index is 1.22. The number of nitrogens with zero attached hydrogens (tertiary/aromatic N) is 1. The molecule has 0 radical (unpaired) electrons. The number of halogens is 3. The second-order valence-corrected chi connectivity index (χ2v) is 13.9. The summed E-state index contributed by atoms with van der Waals surface area (Å²) >= 11 is 19.4. The summed E-state index contributed by atoms with van der Waals surface area (Å²) in [7, 11) is 0. The maximum absolute atomic E-state index is 14.1. The molecular weight excluding hydrogens is 549 g/mol. The Morgan fingerprint density at radius 2 is 1.67 bits per heavy atom. The molecule has 1 amide bonds. The summed E-state index contributed by atoms with van der Waals surface area (Å²) in [5.74, 6) is 3.43. The van der Waals surface area contributed by atoms with Gasteiger partial charge in [0.15, 0.2) is 0 Å². The first-order valence-electron chi connectivity index (χ1n) is 14.7. The highest BCUT2D eigenvalue weighted by Gasteiger charge is 2.50. The largest absolute Gasteiger partial charge is 0.351 e. The highest BCUT2D eigenvalue weighted by Crippen LogP contribution is 2.54. The number of hydrogen-bond acceptors (Lipinski definition) is 3. The van der Waals surface area contributed by atoms with E-state index in [2.05, 4.69) is 27.9 Å². The van der Waals surface area contributed by atoms with E-state index in [0.717, 1.165) is 54.6 Å². The first-order chi connectivity index (χ1) is 18.9. The van der Waals surface area contributed by atoms with Gasteiger partial charge < -0.3 is 5.32 Å². The van der Waals surface area contributed by atoms with Crippen LogP contribution < -0.4 is 15.8 Å². The van der Waals surface area contributed by atoms with Crippen LogP contribution in [-0.2, 0) is 11.2 Å². The zero-order valence-electron chi connectivity index (χ0n) is 22.1. The van der Waals surface area contributed by atoms with Crippen LogP contribution in [0.5, 0.6) is 0 Å². The molecule has 2 unspecified atom stereocenters. The van der Waals surface area contributed by atoms with Crippen molar-refractivity contribution >= 4 is 46.4 Å². The van der Waals surface area contributed by atoms with Gasteiger partial charge in [0.2, 0.25) is 5.91 Å². The molecule has 39 heavy (non-hydrogen) atoms. The van der Waals surface area contributed by atoms with Gasteiger partial charge >= 0.3 is 0 Å². The van der Waals surface area contributed by atoms with Gasteiger partial charge in [0, 0.05) is 27.7 Å². The Labute approximate surface area is 246 Å². The lowest BCUT2D eigenvalue weighted by molar-refractivity contribution is -0.126. The zero-order chi connectivity index (χ0) is 26.7. The van der Waals surface area contributed by atoms with E-state index in [1.54, 1.807) is 6.07 Å². The first-order valence-corrected chi connectivity index (χ1v) is 15.9. The third kappa shape index (κ3) is 5.01. The molecule has 2 aromatic carbocycles. The van der Waals surface area contributed by atoms with Crippen LogP contribution >= 0.6 is 34.8 Å². The van der Waals surface area contributed by atoms with Crippen LogP contribution in [0.15, 0.2) is 53.7 Å². The Morgan fingerprint density at radius 1 is 0.923 bits per heavy atom. The molecule has 7 heteroatoms. The number of anilines is 1. The minimum absolute atomic E-state index is 0.121. The van der Waals surface area contributed by atoms with Crippen LogP contribution in [0, 0.1) is 29.6 Å². The van der Waals surface area contributed by atoms with Gasteiger partial charge in [-0.2, -0.15) is 0 Å². The van der Waals surface area contributed by atoms with Gasteiger partial charge in [0.05, 0.1) is 10.7 Å². The first kappa shape index (κ1) is 26.2. The number of benzene rings is 2. The third-order valence-corrected chi connectivity index (χ3v) is 10.9. The van der Waals surface area contributed by atoms with E-state index in [0.29, 0.717) is 27.9 Å². The van der Waals surface area contributed by atoms with Crippen molar-refractivity contribution in [3.05, 3.63) is 74.4 Å². The van der Waals surface area contributed by atoms with Gasteiger partial charge in [-0.15, -0.1) is 0 Å². The summed E-state index contributed by atoms with van der Waals surface area (Å²) < 4.78 is 0. The van der Waals surface area contributed by atoms with Crippen molar-refractivity contribution < 1.29 is 4.79 Å². The Hall–Kier alpha value is -1.72. The van der Waals surface area contributed by atoms with E-state index in [9.17, 15) is 4.79 Å². The molecule has 5 aliphatic carbocycles. The number of hydrogen-bond donors (Lipinski definition) is 2. The van der Waals surface area contributed by atoms with Crippen molar-refractivity contribution in [3.8, 4) is 0 Å². The fraction of sp³-hybridized carbons (Fsp3) is 0.531. The maximum Gasteiger partial charge on any atom is 0.243 e. The number of nitrogens with one attached hydrogen (secondary N) is 2. The normalized spacial score (nSPS) is 33.3. The molecule has 4 bridgehead atoms. The van der Waals surface area contributed by atoms with Gasteiger partial charge in [-0.05, 0) is 123 Å². The van der Waals surface area contributed by atoms with Crippen molar-refractivity contribution in [2.24, 2.45) is 29.6 Å². The lowest BCUT2D eigenvalue weighted by Gasteiger charge is -2.54. The number of allylic oxidation sites excluding steroid dienone is 1. The highest BCUT2D eigenvalue weighted by atomic mass is 35.5. The second kappa shape index (κ2) is 10.6. The molecule has 0 saturated heterocycles. The Bertz CT molecular complexity index is 1280. The monoisotopic (exact) mass is 583 g/mol. The molecule has 4 nitrogen and oxygen atoms in total. The standard InChI is InChI=1S/C32H36Cl3N3O/c33-24-6-3-4-18(16-24)11-21-5-1-2-7-26-30(37-38(31(21)26)28-9-8-25(34)17-27(28)35)32(39)36-29-22-12-19-10-20(14-22)15-23(29)13-19/h3-4,6,8-9,16-17,19-23,29-30,37H,1-2,5,7,10-15H2,(H,36,39). The predicted octanol–water partition coefficient (Wildman–Crippen LogP) is 7.97. The second-order valence-electron chi connectivity index (χ2n) is 12.6. The van der Waals surface area contributed by atoms with Crippen LogP contribution in [-0.4, -0.2) is 18.0 Å². The van der Waals surface area contributed by atoms with Crippen molar-refractivity contribution in [1.82, 2.24) is 10.7 Å². The molecule has 6 aliphatic rings. The summed E-state index contributed by atoms with van der Waals surface area (Å²) in [6.07, 6.45) is 11.6. The van der Waals surface area contributed by atoms with Gasteiger partial charge in [-0.1, -0.05) is 53.4 Å². The smallest absolute Gasteiger partial charge is 0.243 e. The van der Waals surface area contributed by atoms with Gasteiger partial charge in [0.25, 0.3) is 0 Å². The molecule has 1 heterocycles. The topological polar surface area (TPSA) is 44.4 Å². The number of rotatable bonds is 5. The fourth-order valence-electron chi connectivity index (χ4n) is 8.76. The average Bonchev–Trinajstić information content (AvgIpc) is 3.14. The molecule has 0 spiro atoms. The molecule has 8 rings (SSSR count). The minimum Gasteiger partial charge on any atom is -0.351 e. The van der Waals surface area contributed by atoms with E-state index in [1.165, 1.54) is 48.9 Å². The summed E-state index contributed by atoms with van der Waals surface area (Å²) in [6, 6.07) is 13.7. The van der Waals surface area contributed by atoms with Crippen LogP contribution in [0.4, 0.5) is 5.69 Å². The van der Waals surface area contributed by atoms with Crippen molar-refractivity contribution in [1.29, 1.82) is 0 Å². The molecule has 4 saturated carbocycles. The van der Waals surface area contributed by atoms with Gasteiger partial charge in [-0.25, -0.2) is 5.43 Å². The van der Waals surface area contributed by atoms with E-state index >= 15 is 0 Å². The van der Waals surface area contributed by atoms with E-state index in [4.69, 9.17) is 34.8 Å². The lowest BCUT2D eigenvalue weighted by atomic mass is 9.54. The van der Waals surface area contributed by atoms with Crippen LogP contribution in [0.25, 0.3) is 0 Å². The van der Waals surface area contributed by atoms with E-state index in [-0.39, 0.29) is 17.9 Å². The molecule has 2 aromatic rings. The Morgan fingerprint density at radius 3 is 2.38 bits per heavy atom. The quantitative estimate of drug-likeness (QED) is 0.375. The zero-order valence-corrected chi connectivity index (χ0v) is 24.4. The van der Waals surface area contributed by atoms with Crippen molar-refractivity contribution in [3.63, 3.8) is 0 Å². The number of carbonyl (C=O) groups excluding carboxylic acids is 1. The van der Waals surface area contributed by atoms with Crippen LogP contribution in [0.3, 0.4) is 0 Å². The number of carbonyl (C=O) groups is 1. The molecule has 2 N–H and O–H groups in total. The predicted molar refractivity (Wildman–Crippen MR) is 159 cm³/mol. The average molecular weight is 585 g/mol. The Kier molecular flexibility index (Phi) is 7.12. The van der Waals surface area contributed by atoms with Crippen molar-refractivity contribution in [2.75, 3.05) is 5.01 Å². The SMILES string of the molecule is O=C(NC1C2CC3CC(C2)CC1C3)C1NN(c2ccc(Cl)cc2Cl)C2=C1CCCCC2Cc1cccc(Cl)c1. The molecule has 4 fully saturated rings. The van der Waals surface area contributed by atoms with Gasteiger partial charge in [-0.3, -0.25) is 9.80 Å². The maximum atomic E-state index is 14.1. The molecule has 2 atom stereocenters. The molecule has 0 aromatic heterocycles. The number of hydrazine groups is 1. The molecular formula is C32H36Cl3N3O. The van der Waals surface area contributed by atoms with Crippen molar-refractivity contribution in [2.45, 2.75) is 76.3 Å². The molecule has 206 valence electrons. The van der Waals surface area contributed by atoms with Gasteiger partial charge in [0.1, 0.15) is 6.04 Å². The van der Waals surface area contributed by atoms with E-state index in [1.807, 2.05) is 24.3 Å². The third-order valence-electron chi connectivity index (χ3n) is 10.1. The number of amides is 1. The summed E-state index contributed by atoms with van der Waals surface area (Å²) in [4.78, 5) is 14.1. The summed E-state index contributed by atoms with van der Waals surface area (Å²) in [6.45, 7) is 0. The summed E-state index contributed by atoms with van der Waals surface area (Å²) in [5, 5.41) is 7.63.